The molecule has 0 N–H and O–H groups in total. The summed E-state index contributed by atoms with van der Waals surface area (Å²) in [4.78, 5) is 44.5. The first-order valence-corrected chi connectivity index (χ1v) is 14.9. The SMILES string of the molecule is CCOc1cc([C@@H]2C(C(=O)OC3CCCC3)=C(C)N=C3C[C@@H](c4ccc(OC)c(OC)c4)CC(=O)C32)ccc1OC(C)=O. The molecule has 2 aliphatic carbocycles. The monoisotopic (exact) mass is 589 g/mol. The minimum atomic E-state index is -0.639. The van der Waals surface area contributed by atoms with Crippen LogP contribution >= 0.6 is 0 Å². The zero-order valence-corrected chi connectivity index (χ0v) is 25.4. The number of esters is 2. The summed E-state index contributed by atoms with van der Waals surface area (Å²) in [5.74, 6) is -0.408. The van der Waals surface area contributed by atoms with E-state index < -0.39 is 23.8 Å². The molecule has 2 saturated carbocycles. The minimum absolute atomic E-state index is 0.00419. The van der Waals surface area contributed by atoms with E-state index >= 15 is 0 Å². The van der Waals surface area contributed by atoms with E-state index in [1.165, 1.54) is 6.92 Å². The van der Waals surface area contributed by atoms with Gasteiger partial charge >= 0.3 is 11.9 Å². The second-order valence-electron chi connectivity index (χ2n) is 11.3. The highest BCUT2D eigenvalue weighted by Crippen LogP contribution is 2.48. The Bertz CT molecular complexity index is 1470. The fourth-order valence-corrected chi connectivity index (χ4v) is 6.59. The Hall–Kier alpha value is -4.14. The highest BCUT2D eigenvalue weighted by atomic mass is 16.6. The number of ketones is 1. The summed E-state index contributed by atoms with van der Waals surface area (Å²) in [6.45, 7) is 5.31. The lowest BCUT2D eigenvalue weighted by atomic mass is 9.66. The van der Waals surface area contributed by atoms with E-state index in [4.69, 9.17) is 28.7 Å². The largest absolute Gasteiger partial charge is 0.493 e. The molecule has 0 saturated heterocycles. The summed E-state index contributed by atoms with van der Waals surface area (Å²) in [7, 11) is 3.17. The van der Waals surface area contributed by atoms with Crippen LogP contribution in [0.5, 0.6) is 23.0 Å². The molecule has 5 rings (SSSR count). The van der Waals surface area contributed by atoms with Gasteiger partial charge in [-0.15, -0.1) is 0 Å². The molecule has 2 aromatic rings. The van der Waals surface area contributed by atoms with Gasteiger partial charge in [0.05, 0.1) is 32.3 Å². The van der Waals surface area contributed by atoms with Gasteiger partial charge in [0.1, 0.15) is 11.9 Å². The molecule has 2 fully saturated rings. The molecule has 3 atom stereocenters. The van der Waals surface area contributed by atoms with Crippen molar-refractivity contribution in [3.05, 3.63) is 58.8 Å². The number of rotatable bonds is 9. The van der Waals surface area contributed by atoms with Crippen molar-refractivity contribution in [2.75, 3.05) is 20.8 Å². The number of ether oxygens (including phenoxy) is 5. The Morgan fingerprint density at radius 3 is 2.23 bits per heavy atom. The lowest BCUT2D eigenvalue weighted by molar-refractivity contribution is -0.144. The van der Waals surface area contributed by atoms with Gasteiger partial charge in [-0.25, -0.2) is 4.79 Å². The van der Waals surface area contributed by atoms with Crippen molar-refractivity contribution < 1.29 is 38.1 Å². The smallest absolute Gasteiger partial charge is 0.336 e. The summed E-state index contributed by atoms with van der Waals surface area (Å²) < 4.78 is 28.1. The van der Waals surface area contributed by atoms with Crippen LogP contribution in [0.3, 0.4) is 0 Å². The van der Waals surface area contributed by atoms with Crippen LogP contribution in [0.15, 0.2) is 52.7 Å². The van der Waals surface area contributed by atoms with Crippen LogP contribution in [-0.2, 0) is 19.1 Å². The molecule has 9 nitrogen and oxygen atoms in total. The van der Waals surface area contributed by atoms with Crippen LogP contribution in [-0.4, -0.2) is 50.4 Å². The molecule has 1 unspecified atom stereocenters. The normalized spacial score (nSPS) is 22.0. The Morgan fingerprint density at radius 1 is 0.884 bits per heavy atom. The van der Waals surface area contributed by atoms with Gasteiger partial charge in [0, 0.05) is 30.7 Å². The minimum Gasteiger partial charge on any atom is -0.493 e. The zero-order chi connectivity index (χ0) is 30.7. The van der Waals surface area contributed by atoms with Crippen LogP contribution in [0.2, 0.25) is 0 Å². The maximum atomic E-state index is 14.1. The third kappa shape index (κ3) is 6.31. The molecule has 43 heavy (non-hydrogen) atoms. The van der Waals surface area contributed by atoms with E-state index in [0.29, 0.717) is 47.1 Å². The fourth-order valence-electron chi connectivity index (χ4n) is 6.59. The van der Waals surface area contributed by atoms with E-state index in [9.17, 15) is 14.4 Å². The van der Waals surface area contributed by atoms with E-state index in [2.05, 4.69) is 0 Å². The molecule has 1 aliphatic heterocycles. The van der Waals surface area contributed by atoms with Crippen molar-refractivity contribution in [2.45, 2.75) is 77.2 Å². The van der Waals surface area contributed by atoms with Crippen molar-refractivity contribution in [2.24, 2.45) is 10.9 Å². The molecule has 0 amide bonds. The zero-order valence-electron chi connectivity index (χ0n) is 25.4. The lowest BCUT2D eigenvalue weighted by Crippen LogP contribution is -2.41. The van der Waals surface area contributed by atoms with E-state index in [-0.39, 0.29) is 30.0 Å². The number of hydrogen-bond donors (Lipinski definition) is 0. The van der Waals surface area contributed by atoms with Crippen molar-refractivity contribution in [3.63, 3.8) is 0 Å². The van der Waals surface area contributed by atoms with E-state index in [1.807, 2.05) is 32.0 Å². The maximum Gasteiger partial charge on any atom is 0.336 e. The van der Waals surface area contributed by atoms with Crippen LogP contribution in [0.1, 0.15) is 82.3 Å². The third-order valence-corrected chi connectivity index (χ3v) is 8.51. The number of allylic oxidation sites excluding steroid dienone is 1. The first kappa shape index (κ1) is 30.3. The van der Waals surface area contributed by atoms with Crippen LogP contribution < -0.4 is 18.9 Å². The molecule has 0 bridgehead atoms. The number of methoxy groups -OCH3 is 2. The van der Waals surface area contributed by atoms with Crippen molar-refractivity contribution in [3.8, 4) is 23.0 Å². The molecule has 0 spiro atoms. The molecule has 2 aromatic carbocycles. The maximum absolute atomic E-state index is 14.1. The van der Waals surface area contributed by atoms with Gasteiger partial charge in [0.25, 0.3) is 0 Å². The number of Topliss-reactive ketones (excluding diaryl/α,β-unsaturated/α-hetero) is 1. The average Bonchev–Trinajstić information content (AvgIpc) is 3.49. The van der Waals surface area contributed by atoms with Gasteiger partial charge < -0.3 is 23.7 Å². The number of carbonyl (C=O) groups excluding carboxylic acids is 3. The van der Waals surface area contributed by atoms with Gasteiger partial charge in [-0.2, -0.15) is 0 Å². The average molecular weight is 590 g/mol. The molecule has 0 radical (unpaired) electrons. The Morgan fingerprint density at radius 2 is 1.56 bits per heavy atom. The predicted octanol–water partition coefficient (Wildman–Crippen LogP) is 6.09. The van der Waals surface area contributed by atoms with Crippen LogP contribution in [0, 0.1) is 5.92 Å². The van der Waals surface area contributed by atoms with Gasteiger partial charge in [0.2, 0.25) is 0 Å². The summed E-state index contributed by atoms with van der Waals surface area (Å²) in [6.07, 6.45) is 4.40. The molecule has 228 valence electrons. The molecule has 0 aromatic heterocycles. The van der Waals surface area contributed by atoms with Crippen LogP contribution in [0.4, 0.5) is 0 Å². The second kappa shape index (κ2) is 13.0. The summed E-state index contributed by atoms with van der Waals surface area (Å²) >= 11 is 0. The first-order valence-electron chi connectivity index (χ1n) is 14.9. The number of benzene rings is 2. The summed E-state index contributed by atoms with van der Waals surface area (Å²) in [5.41, 5.74) is 3.33. The van der Waals surface area contributed by atoms with Gasteiger partial charge in [-0.1, -0.05) is 12.1 Å². The highest BCUT2D eigenvalue weighted by molar-refractivity contribution is 6.12. The fraction of sp³-hybridized carbons (Fsp3) is 0.471. The molecule has 3 aliphatic rings. The summed E-state index contributed by atoms with van der Waals surface area (Å²) in [6, 6.07) is 10.9. The van der Waals surface area contributed by atoms with Crippen molar-refractivity contribution in [1.82, 2.24) is 0 Å². The molecular formula is C34H39NO8. The lowest BCUT2D eigenvalue weighted by Gasteiger charge is -2.38. The Kier molecular flexibility index (Phi) is 9.18. The number of fused-ring (bicyclic) bond motifs is 1. The van der Waals surface area contributed by atoms with Crippen molar-refractivity contribution in [1.29, 1.82) is 0 Å². The summed E-state index contributed by atoms with van der Waals surface area (Å²) in [5, 5.41) is 0. The van der Waals surface area contributed by atoms with Crippen molar-refractivity contribution >= 4 is 23.4 Å². The number of nitrogens with zero attached hydrogens (tertiary/aromatic N) is 1. The Labute approximate surface area is 252 Å². The number of hydrogen-bond acceptors (Lipinski definition) is 9. The quantitative estimate of drug-likeness (QED) is 0.255. The molecule has 1 heterocycles. The molecular weight excluding hydrogens is 550 g/mol. The van der Waals surface area contributed by atoms with E-state index in [0.717, 1.165) is 37.0 Å². The standard InChI is InChI=1S/C34H39NO8/c1-6-41-30-18-22(12-14-28(30)42-20(3)36)32-31(34(38)43-24-9-7-8-10-24)19(2)35-25-15-23(16-26(37)33(25)32)21-11-13-27(39-4)29(17-21)40-5/h11-14,17-18,23-24,32-33H,6-10,15-16H2,1-5H3/t23-,32-,33?/m1/s1. The number of aliphatic imine (C=N–C) groups is 1. The number of carbonyl (C=O) groups is 3. The highest BCUT2D eigenvalue weighted by Gasteiger charge is 2.46. The van der Waals surface area contributed by atoms with Gasteiger partial charge in [-0.3, -0.25) is 14.6 Å². The first-order chi connectivity index (χ1) is 20.7. The van der Waals surface area contributed by atoms with Crippen LogP contribution in [0.25, 0.3) is 0 Å². The van der Waals surface area contributed by atoms with E-state index in [1.54, 1.807) is 32.4 Å². The topological polar surface area (TPSA) is 110 Å². The predicted molar refractivity (Wildman–Crippen MR) is 160 cm³/mol. The third-order valence-electron chi connectivity index (χ3n) is 8.51. The van der Waals surface area contributed by atoms with Gasteiger partial charge in [0.15, 0.2) is 23.0 Å². The van der Waals surface area contributed by atoms with Gasteiger partial charge in [-0.05, 0) is 87.3 Å². The molecule has 9 heteroatoms. The second-order valence-corrected chi connectivity index (χ2v) is 11.3. The Balaban J connectivity index is 1.56.